The van der Waals surface area contributed by atoms with Crippen molar-refractivity contribution in [2.75, 3.05) is 0 Å². The highest BCUT2D eigenvalue weighted by molar-refractivity contribution is 7.94. The maximum atomic E-state index is 11.9. The summed E-state index contributed by atoms with van der Waals surface area (Å²) in [6, 6.07) is 8.49. The Kier molecular flexibility index (Phi) is 3.82. The molecule has 0 unspecified atom stereocenters. The third kappa shape index (κ3) is 3.32. The van der Waals surface area contributed by atoms with E-state index in [4.69, 9.17) is 0 Å². The fourth-order valence-electron chi connectivity index (χ4n) is 1.96. The second-order valence-corrected chi connectivity index (χ2v) is 6.08. The van der Waals surface area contributed by atoms with Gasteiger partial charge in [-0.25, -0.2) is 8.42 Å². The van der Waals surface area contributed by atoms with Gasteiger partial charge in [0.05, 0.1) is 10.3 Å². The summed E-state index contributed by atoms with van der Waals surface area (Å²) in [6.45, 7) is 0. The third-order valence-corrected chi connectivity index (χ3v) is 4.30. The SMILES string of the molecule is O=S(=O)(C=C=C1CCCCC1)c1ccccc1. The highest BCUT2D eigenvalue weighted by Crippen LogP contribution is 2.22. The molecule has 3 heteroatoms. The first-order valence-corrected chi connectivity index (χ1v) is 7.48. The van der Waals surface area contributed by atoms with Gasteiger partial charge in [-0.2, -0.15) is 0 Å². The lowest BCUT2D eigenvalue weighted by Crippen LogP contribution is -1.96. The minimum absolute atomic E-state index is 0.337. The Balaban J connectivity index is 2.26. The summed E-state index contributed by atoms with van der Waals surface area (Å²) in [5.74, 6) is 0. The summed E-state index contributed by atoms with van der Waals surface area (Å²) in [5.41, 5.74) is 4.10. The van der Waals surface area contributed by atoms with E-state index < -0.39 is 9.84 Å². The Morgan fingerprint density at radius 2 is 1.65 bits per heavy atom. The molecule has 1 aromatic carbocycles. The molecule has 90 valence electrons. The average Bonchev–Trinajstić information content (AvgIpc) is 2.39. The normalized spacial score (nSPS) is 16.4. The Bertz CT molecular complexity index is 527. The standard InChI is InChI=1S/C14H16O2S/c15-17(16,14-9-5-2-6-10-14)12-11-13-7-3-1-4-8-13/h2,5-6,9-10,12H,1,3-4,7-8H2. The van der Waals surface area contributed by atoms with Gasteiger partial charge < -0.3 is 0 Å². The number of sulfone groups is 1. The van der Waals surface area contributed by atoms with E-state index in [1.54, 1.807) is 24.3 Å². The van der Waals surface area contributed by atoms with Gasteiger partial charge in [-0.05, 0) is 43.4 Å². The van der Waals surface area contributed by atoms with Gasteiger partial charge in [-0.15, -0.1) is 5.73 Å². The van der Waals surface area contributed by atoms with Crippen molar-refractivity contribution in [2.24, 2.45) is 0 Å². The van der Waals surface area contributed by atoms with Gasteiger partial charge in [0.2, 0.25) is 9.84 Å². The van der Waals surface area contributed by atoms with Gasteiger partial charge in [-0.3, -0.25) is 0 Å². The molecule has 1 aliphatic carbocycles. The molecule has 0 aromatic heterocycles. The molecule has 1 saturated carbocycles. The Labute approximate surface area is 103 Å². The molecule has 0 aliphatic heterocycles. The lowest BCUT2D eigenvalue weighted by atomic mass is 9.96. The van der Waals surface area contributed by atoms with Gasteiger partial charge in [0, 0.05) is 0 Å². The third-order valence-electron chi connectivity index (χ3n) is 2.95. The summed E-state index contributed by atoms with van der Waals surface area (Å²) in [5, 5.41) is 1.23. The van der Waals surface area contributed by atoms with Crippen molar-refractivity contribution in [3.05, 3.63) is 47.0 Å². The van der Waals surface area contributed by atoms with Crippen LogP contribution in [-0.2, 0) is 9.84 Å². The lowest BCUT2D eigenvalue weighted by Gasteiger charge is -2.10. The zero-order valence-corrected chi connectivity index (χ0v) is 10.5. The van der Waals surface area contributed by atoms with E-state index in [2.05, 4.69) is 5.73 Å². The molecule has 1 fully saturated rings. The zero-order valence-electron chi connectivity index (χ0n) is 9.72. The molecule has 0 atom stereocenters. The largest absolute Gasteiger partial charge is 0.218 e. The van der Waals surface area contributed by atoms with Crippen molar-refractivity contribution in [1.29, 1.82) is 0 Å². The van der Waals surface area contributed by atoms with Crippen molar-refractivity contribution < 1.29 is 8.42 Å². The van der Waals surface area contributed by atoms with E-state index in [1.165, 1.54) is 11.8 Å². The lowest BCUT2D eigenvalue weighted by molar-refractivity contribution is 0.598. The topological polar surface area (TPSA) is 34.1 Å². The van der Waals surface area contributed by atoms with Crippen LogP contribution in [0.3, 0.4) is 0 Å². The minimum atomic E-state index is -3.32. The van der Waals surface area contributed by atoms with Crippen molar-refractivity contribution >= 4 is 9.84 Å². The van der Waals surface area contributed by atoms with Gasteiger partial charge in [-0.1, -0.05) is 24.6 Å². The van der Waals surface area contributed by atoms with Gasteiger partial charge in [0.1, 0.15) is 0 Å². The van der Waals surface area contributed by atoms with Crippen LogP contribution in [0.4, 0.5) is 0 Å². The molecule has 17 heavy (non-hydrogen) atoms. The van der Waals surface area contributed by atoms with E-state index in [0.29, 0.717) is 4.90 Å². The van der Waals surface area contributed by atoms with Crippen molar-refractivity contribution in [2.45, 2.75) is 37.0 Å². The molecule has 0 saturated heterocycles. The second kappa shape index (κ2) is 5.35. The monoisotopic (exact) mass is 248 g/mol. The first kappa shape index (κ1) is 12.2. The van der Waals surface area contributed by atoms with Crippen LogP contribution in [0.5, 0.6) is 0 Å². The molecule has 0 spiro atoms. The molecule has 0 bridgehead atoms. The molecular weight excluding hydrogens is 232 g/mol. The van der Waals surface area contributed by atoms with E-state index in [-0.39, 0.29) is 0 Å². The fraction of sp³-hybridized carbons (Fsp3) is 0.357. The molecule has 0 amide bonds. The van der Waals surface area contributed by atoms with Crippen LogP contribution in [0.1, 0.15) is 32.1 Å². The van der Waals surface area contributed by atoms with Crippen LogP contribution < -0.4 is 0 Å². The van der Waals surface area contributed by atoms with Crippen LogP contribution in [0, 0.1) is 0 Å². The number of allylic oxidation sites excluding steroid dienone is 1. The maximum Gasteiger partial charge on any atom is 0.207 e. The highest BCUT2D eigenvalue weighted by atomic mass is 32.2. The molecule has 0 N–H and O–H groups in total. The van der Waals surface area contributed by atoms with Crippen LogP contribution >= 0.6 is 0 Å². The Morgan fingerprint density at radius 3 is 2.29 bits per heavy atom. The van der Waals surface area contributed by atoms with Gasteiger partial charge in [0.15, 0.2) is 0 Å². The molecule has 2 rings (SSSR count). The number of hydrogen-bond acceptors (Lipinski definition) is 2. The predicted octanol–water partition coefficient (Wildman–Crippen LogP) is 3.46. The summed E-state index contributed by atoms with van der Waals surface area (Å²) < 4.78 is 23.9. The quantitative estimate of drug-likeness (QED) is 0.751. The van der Waals surface area contributed by atoms with Crippen LogP contribution in [0.2, 0.25) is 0 Å². The van der Waals surface area contributed by atoms with Gasteiger partial charge >= 0.3 is 0 Å². The fourth-order valence-corrected chi connectivity index (χ4v) is 2.96. The summed E-state index contributed by atoms with van der Waals surface area (Å²) >= 11 is 0. The minimum Gasteiger partial charge on any atom is -0.218 e. The molecule has 1 aromatic rings. The van der Waals surface area contributed by atoms with Crippen LogP contribution in [-0.4, -0.2) is 8.42 Å². The van der Waals surface area contributed by atoms with E-state index >= 15 is 0 Å². The second-order valence-electron chi connectivity index (χ2n) is 4.28. The van der Waals surface area contributed by atoms with E-state index in [9.17, 15) is 8.42 Å². The molecule has 0 heterocycles. The van der Waals surface area contributed by atoms with Gasteiger partial charge in [0.25, 0.3) is 0 Å². The number of hydrogen-bond donors (Lipinski definition) is 0. The smallest absolute Gasteiger partial charge is 0.207 e. The first-order chi connectivity index (χ1) is 8.18. The maximum absolute atomic E-state index is 11.9. The molecular formula is C14H16O2S. The van der Waals surface area contributed by atoms with Crippen molar-refractivity contribution in [1.82, 2.24) is 0 Å². The Morgan fingerprint density at radius 1 is 1.00 bits per heavy atom. The first-order valence-electron chi connectivity index (χ1n) is 5.93. The summed E-state index contributed by atoms with van der Waals surface area (Å²) in [7, 11) is -3.32. The zero-order chi connectivity index (χ0) is 12.1. The number of benzene rings is 1. The van der Waals surface area contributed by atoms with Crippen molar-refractivity contribution in [3.8, 4) is 0 Å². The Hall–Kier alpha value is -1.31. The summed E-state index contributed by atoms with van der Waals surface area (Å²) in [4.78, 5) is 0.337. The molecule has 0 radical (unpaired) electrons. The predicted molar refractivity (Wildman–Crippen MR) is 68.3 cm³/mol. The van der Waals surface area contributed by atoms with Crippen LogP contribution in [0.15, 0.2) is 51.9 Å². The number of rotatable bonds is 2. The average molecular weight is 248 g/mol. The van der Waals surface area contributed by atoms with Crippen molar-refractivity contribution in [3.63, 3.8) is 0 Å². The molecule has 2 nitrogen and oxygen atoms in total. The van der Waals surface area contributed by atoms with Crippen LogP contribution in [0.25, 0.3) is 0 Å². The van der Waals surface area contributed by atoms with E-state index in [1.807, 2.05) is 6.07 Å². The summed E-state index contributed by atoms with van der Waals surface area (Å²) in [6.07, 6.45) is 5.53. The highest BCUT2D eigenvalue weighted by Gasteiger charge is 2.09. The van der Waals surface area contributed by atoms with E-state index in [0.717, 1.165) is 31.3 Å². The molecule has 1 aliphatic rings.